The van der Waals surface area contributed by atoms with Crippen LogP contribution < -0.4 is 10.6 Å². The molecule has 1 fully saturated rings. The summed E-state index contributed by atoms with van der Waals surface area (Å²) in [4.78, 5) is 4.38. The molecule has 0 aliphatic carbocycles. The first-order valence-corrected chi connectivity index (χ1v) is 5.84. The lowest BCUT2D eigenvalue weighted by molar-refractivity contribution is 0.167. The Bertz CT molecular complexity index is 371. The molecule has 16 heavy (non-hydrogen) atoms. The van der Waals surface area contributed by atoms with Crippen LogP contribution in [0.2, 0.25) is 0 Å². The zero-order valence-corrected chi connectivity index (χ0v) is 9.44. The second kappa shape index (κ2) is 3.93. The Hall–Kier alpha value is -1.30. The molecule has 3 rings (SSSR count). The van der Waals surface area contributed by atoms with Crippen LogP contribution >= 0.6 is 0 Å². The molecule has 1 aromatic heterocycles. The Balaban J connectivity index is 1.89. The van der Waals surface area contributed by atoms with Gasteiger partial charge in [-0.1, -0.05) is 0 Å². The zero-order valence-electron chi connectivity index (χ0n) is 9.44. The average Bonchev–Trinajstić information content (AvgIpc) is 2.97. The van der Waals surface area contributed by atoms with Gasteiger partial charge in [0.2, 0.25) is 11.9 Å². The minimum Gasteiger partial charge on any atom is -0.381 e. The van der Waals surface area contributed by atoms with Crippen molar-refractivity contribution in [3.63, 3.8) is 0 Å². The summed E-state index contributed by atoms with van der Waals surface area (Å²) in [6.45, 7) is 2.72. The van der Waals surface area contributed by atoms with Gasteiger partial charge in [0.25, 0.3) is 0 Å². The smallest absolute Gasteiger partial charge is 0.243 e. The summed E-state index contributed by atoms with van der Waals surface area (Å²) in [5.41, 5.74) is 0. The van der Waals surface area contributed by atoms with E-state index in [1.54, 1.807) is 0 Å². The number of hydrogen-bond donors (Lipinski definition) is 2. The first-order valence-electron chi connectivity index (χ1n) is 5.84. The third kappa shape index (κ3) is 1.53. The van der Waals surface area contributed by atoms with Crippen molar-refractivity contribution in [1.82, 2.24) is 14.8 Å². The Morgan fingerprint density at radius 3 is 3.19 bits per heavy atom. The molecular formula is C10H17N5O. The summed E-state index contributed by atoms with van der Waals surface area (Å²) in [5, 5.41) is 10.7. The van der Waals surface area contributed by atoms with Crippen LogP contribution in [0.5, 0.6) is 0 Å². The maximum absolute atomic E-state index is 5.46. The molecule has 0 saturated carbocycles. The summed E-state index contributed by atoms with van der Waals surface area (Å²) in [5.74, 6) is 2.16. The highest BCUT2D eigenvalue weighted by Crippen LogP contribution is 2.33. The first kappa shape index (κ1) is 9.89. The summed E-state index contributed by atoms with van der Waals surface area (Å²) in [6, 6.07) is 0.438. The predicted molar refractivity (Wildman–Crippen MR) is 60.6 cm³/mol. The second-order valence-corrected chi connectivity index (χ2v) is 4.36. The van der Waals surface area contributed by atoms with Crippen LogP contribution in [0.4, 0.5) is 11.9 Å². The fraction of sp³-hybridized carbons (Fsp3) is 0.800. The van der Waals surface area contributed by atoms with Crippen molar-refractivity contribution in [3.8, 4) is 0 Å². The molecule has 2 atom stereocenters. The topological polar surface area (TPSA) is 64.0 Å². The number of fused-ring (bicyclic) bond motifs is 1. The van der Waals surface area contributed by atoms with E-state index in [1.165, 1.54) is 0 Å². The van der Waals surface area contributed by atoms with E-state index in [1.807, 2.05) is 11.7 Å². The van der Waals surface area contributed by atoms with Gasteiger partial charge in [0, 0.05) is 26.1 Å². The van der Waals surface area contributed by atoms with Crippen molar-refractivity contribution >= 4 is 11.9 Å². The number of anilines is 2. The molecule has 88 valence electrons. The highest BCUT2D eigenvalue weighted by molar-refractivity contribution is 5.36. The molecule has 2 unspecified atom stereocenters. The van der Waals surface area contributed by atoms with Gasteiger partial charge in [0.15, 0.2) is 0 Å². The summed E-state index contributed by atoms with van der Waals surface area (Å²) >= 11 is 0. The summed E-state index contributed by atoms with van der Waals surface area (Å²) in [6.07, 6.45) is 2.24. The van der Waals surface area contributed by atoms with Crippen molar-refractivity contribution in [1.29, 1.82) is 0 Å². The number of hydrogen-bond acceptors (Lipinski definition) is 5. The van der Waals surface area contributed by atoms with Crippen molar-refractivity contribution in [2.45, 2.75) is 18.9 Å². The van der Waals surface area contributed by atoms with Gasteiger partial charge in [-0.05, 0) is 12.8 Å². The maximum atomic E-state index is 5.46. The van der Waals surface area contributed by atoms with E-state index in [-0.39, 0.29) is 0 Å². The summed E-state index contributed by atoms with van der Waals surface area (Å²) in [7, 11) is 1.84. The normalized spacial score (nSPS) is 28.6. The average molecular weight is 223 g/mol. The molecule has 6 nitrogen and oxygen atoms in total. The number of rotatable bonds is 2. The number of nitrogens with one attached hydrogen (secondary N) is 2. The minimum absolute atomic E-state index is 0.438. The van der Waals surface area contributed by atoms with Gasteiger partial charge in [-0.3, -0.25) is 0 Å². The van der Waals surface area contributed by atoms with E-state index >= 15 is 0 Å². The van der Waals surface area contributed by atoms with E-state index in [9.17, 15) is 0 Å². The SMILES string of the molecule is CNc1nc2n(n1)C(C1CCOC1)CCN2. The van der Waals surface area contributed by atoms with E-state index < -0.39 is 0 Å². The Morgan fingerprint density at radius 1 is 1.50 bits per heavy atom. The zero-order chi connectivity index (χ0) is 11.0. The van der Waals surface area contributed by atoms with Gasteiger partial charge in [0.05, 0.1) is 12.6 Å². The highest BCUT2D eigenvalue weighted by atomic mass is 16.5. The van der Waals surface area contributed by atoms with E-state index in [4.69, 9.17) is 4.74 Å². The quantitative estimate of drug-likeness (QED) is 0.773. The van der Waals surface area contributed by atoms with Gasteiger partial charge < -0.3 is 15.4 Å². The third-order valence-corrected chi connectivity index (χ3v) is 3.40. The van der Waals surface area contributed by atoms with Crippen molar-refractivity contribution in [2.75, 3.05) is 37.4 Å². The second-order valence-electron chi connectivity index (χ2n) is 4.36. The number of nitrogens with zero attached hydrogens (tertiary/aromatic N) is 3. The lowest BCUT2D eigenvalue weighted by Crippen LogP contribution is -2.29. The molecule has 1 aromatic rings. The van der Waals surface area contributed by atoms with Gasteiger partial charge >= 0.3 is 0 Å². The molecule has 2 N–H and O–H groups in total. The number of ether oxygens (including phenoxy) is 1. The maximum Gasteiger partial charge on any atom is 0.243 e. The lowest BCUT2D eigenvalue weighted by atomic mass is 9.95. The predicted octanol–water partition coefficient (Wildman–Crippen LogP) is 0.713. The van der Waals surface area contributed by atoms with Crippen LogP contribution in [0.1, 0.15) is 18.9 Å². The van der Waals surface area contributed by atoms with Crippen LogP contribution in [-0.2, 0) is 4.74 Å². The van der Waals surface area contributed by atoms with Gasteiger partial charge in [0.1, 0.15) is 0 Å². The van der Waals surface area contributed by atoms with E-state index in [0.29, 0.717) is 17.9 Å². The molecule has 0 amide bonds. The largest absolute Gasteiger partial charge is 0.381 e. The summed E-state index contributed by atoms with van der Waals surface area (Å²) < 4.78 is 7.48. The molecule has 1 saturated heterocycles. The highest BCUT2D eigenvalue weighted by Gasteiger charge is 2.32. The standard InChI is InChI=1S/C10H17N5O/c1-11-9-13-10-12-4-2-8(15(10)14-9)7-3-5-16-6-7/h7-8H,2-6H2,1H3,(H2,11,12,13,14). The molecule has 0 aromatic carbocycles. The van der Waals surface area contributed by atoms with Gasteiger partial charge in [-0.25, -0.2) is 4.68 Å². The molecule has 0 bridgehead atoms. The van der Waals surface area contributed by atoms with E-state index in [2.05, 4.69) is 20.7 Å². The Morgan fingerprint density at radius 2 is 2.44 bits per heavy atom. The minimum atomic E-state index is 0.438. The molecule has 0 spiro atoms. The van der Waals surface area contributed by atoms with Crippen molar-refractivity contribution in [3.05, 3.63) is 0 Å². The fourth-order valence-electron chi connectivity index (χ4n) is 2.53. The van der Waals surface area contributed by atoms with Crippen LogP contribution in [0.25, 0.3) is 0 Å². The van der Waals surface area contributed by atoms with Gasteiger partial charge in [-0.2, -0.15) is 4.98 Å². The Kier molecular flexibility index (Phi) is 2.43. The first-order chi connectivity index (χ1) is 7.88. The fourth-order valence-corrected chi connectivity index (χ4v) is 2.53. The van der Waals surface area contributed by atoms with E-state index in [0.717, 1.165) is 38.5 Å². The third-order valence-electron chi connectivity index (χ3n) is 3.40. The monoisotopic (exact) mass is 223 g/mol. The molecule has 6 heteroatoms. The molecular weight excluding hydrogens is 206 g/mol. The molecule has 2 aliphatic heterocycles. The van der Waals surface area contributed by atoms with Crippen molar-refractivity contribution in [2.24, 2.45) is 5.92 Å². The van der Waals surface area contributed by atoms with Crippen LogP contribution in [-0.4, -0.2) is 41.6 Å². The molecule has 0 radical (unpaired) electrons. The number of aromatic nitrogens is 3. The van der Waals surface area contributed by atoms with Crippen LogP contribution in [0, 0.1) is 5.92 Å². The van der Waals surface area contributed by atoms with Crippen LogP contribution in [0.3, 0.4) is 0 Å². The van der Waals surface area contributed by atoms with Crippen LogP contribution in [0.15, 0.2) is 0 Å². The van der Waals surface area contributed by atoms with Crippen molar-refractivity contribution < 1.29 is 4.74 Å². The Labute approximate surface area is 94.4 Å². The lowest BCUT2D eigenvalue weighted by Gasteiger charge is -2.28. The molecule has 3 heterocycles. The molecule has 2 aliphatic rings. The van der Waals surface area contributed by atoms with Gasteiger partial charge in [-0.15, -0.1) is 5.10 Å².